The van der Waals surface area contributed by atoms with Gasteiger partial charge in [-0.05, 0) is 67.6 Å². The maximum Gasteiger partial charge on any atom is 0.224 e. The van der Waals surface area contributed by atoms with Crippen LogP contribution in [0, 0.1) is 13.8 Å². The number of aromatic hydroxyl groups is 1. The Balaban J connectivity index is 2.21. The molecule has 1 N–H and O–H groups in total. The molecule has 0 aromatic heterocycles. The summed E-state index contributed by atoms with van der Waals surface area (Å²) < 4.78 is 6.51. The molecule has 0 unspecified atom stereocenters. The summed E-state index contributed by atoms with van der Waals surface area (Å²) >= 11 is 3.41. The standard InChI is InChI=1S/C18H17BrO4/c1-7-8(2)16(22)18-12(14(7)20)6-5-11-13(19)15(21)9(3)10(4)17(11)23-18/h21H,5-6H2,1-4H3. The van der Waals surface area contributed by atoms with Gasteiger partial charge in [0.05, 0.1) is 4.47 Å². The quantitative estimate of drug-likeness (QED) is 0.698. The van der Waals surface area contributed by atoms with Gasteiger partial charge in [-0.2, -0.15) is 0 Å². The molecule has 0 saturated carbocycles. The van der Waals surface area contributed by atoms with Crippen LogP contribution in [0.4, 0.5) is 0 Å². The van der Waals surface area contributed by atoms with Crippen LogP contribution in [0.2, 0.25) is 0 Å². The Kier molecular flexibility index (Phi) is 3.71. The second-order valence-corrected chi connectivity index (χ2v) is 6.83. The van der Waals surface area contributed by atoms with E-state index in [1.165, 1.54) is 0 Å². The van der Waals surface area contributed by atoms with Crippen LogP contribution >= 0.6 is 15.9 Å². The Morgan fingerprint density at radius 3 is 2.22 bits per heavy atom. The third-order valence-corrected chi connectivity index (χ3v) is 5.69. The lowest BCUT2D eigenvalue weighted by atomic mass is 9.87. The highest BCUT2D eigenvalue weighted by molar-refractivity contribution is 9.10. The van der Waals surface area contributed by atoms with Crippen LogP contribution in [0.15, 0.2) is 27.0 Å². The lowest BCUT2D eigenvalue weighted by molar-refractivity contribution is -0.118. The number of hydrogen-bond donors (Lipinski definition) is 1. The molecule has 23 heavy (non-hydrogen) atoms. The van der Waals surface area contributed by atoms with Crippen molar-refractivity contribution in [2.75, 3.05) is 0 Å². The number of allylic oxidation sites excluding steroid dienone is 3. The van der Waals surface area contributed by atoms with E-state index in [9.17, 15) is 14.7 Å². The van der Waals surface area contributed by atoms with Crippen molar-refractivity contribution < 1.29 is 19.4 Å². The van der Waals surface area contributed by atoms with Gasteiger partial charge in [0.25, 0.3) is 0 Å². The molecular formula is C18H17BrO4. The first-order valence-electron chi connectivity index (χ1n) is 7.44. The number of halogens is 1. The SMILES string of the molecule is CC1=C(C)C(=O)C2=C(CCc3c(Br)c(O)c(C)c(C)c3O2)C1=O. The molecule has 0 bridgehead atoms. The Morgan fingerprint density at radius 1 is 0.957 bits per heavy atom. The molecule has 1 aromatic rings. The molecule has 4 nitrogen and oxygen atoms in total. The summed E-state index contributed by atoms with van der Waals surface area (Å²) in [5.74, 6) is 0.515. The number of phenolic OH excluding ortho intramolecular Hbond substituents is 1. The van der Waals surface area contributed by atoms with Gasteiger partial charge in [0.2, 0.25) is 5.78 Å². The van der Waals surface area contributed by atoms with Gasteiger partial charge in [0.15, 0.2) is 11.5 Å². The van der Waals surface area contributed by atoms with E-state index in [1.54, 1.807) is 20.8 Å². The average Bonchev–Trinajstić information content (AvgIpc) is 2.74. The molecule has 3 rings (SSSR count). The molecule has 2 aliphatic rings. The van der Waals surface area contributed by atoms with Crippen molar-refractivity contribution in [2.45, 2.75) is 40.5 Å². The molecule has 0 atom stereocenters. The van der Waals surface area contributed by atoms with Gasteiger partial charge in [-0.25, -0.2) is 0 Å². The highest BCUT2D eigenvalue weighted by Crippen LogP contribution is 2.45. The van der Waals surface area contributed by atoms with Gasteiger partial charge < -0.3 is 9.84 Å². The molecule has 1 heterocycles. The zero-order valence-electron chi connectivity index (χ0n) is 13.5. The van der Waals surface area contributed by atoms with E-state index in [0.717, 1.165) is 11.1 Å². The van der Waals surface area contributed by atoms with E-state index in [2.05, 4.69) is 15.9 Å². The van der Waals surface area contributed by atoms with Crippen LogP contribution in [-0.2, 0) is 16.0 Å². The molecule has 0 spiro atoms. The number of rotatable bonds is 0. The van der Waals surface area contributed by atoms with E-state index in [0.29, 0.717) is 45.3 Å². The zero-order valence-corrected chi connectivity index (χ0v) is 15.1. The zero-order chi connectivity index (χ0) is 17.0. The van der Waals surface area contributed by atoms with Crippen molar-refractivity contribution >= 4 is 27.5 Å². The van der Waals surface area contributed by atoms with Gasteiger partial charge >= 0.3 is 0 Å². The predicted octanol–water partition coefficient (Wildman–Crippen LogP) is 3.84. The maximum absolute atomic E-state index is 12.6. The third kappa shape index (κ3) is 2.17. The molecule has 1 aliphatic heterocycles. The van der Waals surface area contributed by atoms with Gasteiger partial charge in [-0.1, -0.05) is 0 Å². The maximum atomic E-state index is 12.6. The number of benzene rings is 1. The van der Waals surface area contributed by atoms with E-state index >= 15 is 0 Å². The number of ketones is 2. The highest BCUT2D eigenvalue weighted by atomic mass is 79.9. The van der Waals surface area contributed by atoms with Crippen LogP contribution in [0.5, 0.6) is 11.5 Å². The fraction of sp³-hybridized carbons (Fsp3) is 0.333. The second-order valence-electron chi connectivity index (χ2n) is 6.04. The molecule has 0 amide bonds. The molecule has 1 aromatic carbocycles. The van der Waals surface area contributed by atoms with E-state index < -0.39 is 0 Å². The Labute approximate surface area is 143 Å². The number of ether oxygens (including phenoxy) is 1. The van der Waals surface area contributed by atoms with Gasteiger partial charge in [-0.3, -0.25) is 9.59 Å². The fourth-order valence-electron chi connectivity index (χ4n) is 3.01. The minimum absolute atomic E-state index is 0.125. The summed E-state index contributed by atoms with van der Waals surface area (Å²) in [4.78, 5) is 25.1. The minimum atomic E-state index is -0.230. The van der Waals surface area contributed by atoms with Crippen molar-refractivity contribution in [3.8, 4) is 11.5 Å². The molecular weight excluding hydrogens is 360 g/mol. The molecule has 1 aliphatic carbocycles. The second kappa shape index (κ2) is 5.34. The van der Waals surface area contributed by atoms with E-state index in [1.807, 2.05) is 6.92 Å². The van der Waals surface area contributed by atoms with Crippen molar-refractivity contribution in [1.82, 2.24) is 0 Å². The molecule has 0 fully saturated rings. The topological polar surface area (TPSA) is 63.6 Å². The van der Waals surface area contributed by atoms with Crippen molar-refractivity contribution in [2.24, 2.45) is 0 Å². The molecule has 120 valence electrons. The summed E-state index contributed by atoms with van der Waals surface area (Å²) in [6.45, 7) is 6.96. The van der Waals surface area contributed by atoms with Crippen LogP contribution in [0.1, 0.15) is 37.0 Å². The molecule has 0 radical (unpaired) electrons. The first kappa shape index (κ1) is 16.0. The van der Waals surface area contributed by atoms with Crippen LogP contribution < -0.4 is 4.74 Å². The monoisotopic (exact) mass is 376 g/mol. The number of hydrogen-bond acceptors (Lipinski definition) is 4. The normalized spacial score (nSPS) is 17.8. The average molecular weight is 377 g/mol. The smallest absolute Gasteiger partial charge is 0.224 e. The lowest BCUT2D eigenvalue weighted by Gasteiger charge is -2.20. The van der Waals surface area contributed by atoms with Crippen molar-refractivity contribution in [1.29, 1.82) is 0 Å². The summed E-state index contributed by atoms with van der Waals surface area (Å²) in [5.41, 5.74) is 3.60. The van der Waals surface area contributed by atoms with Crippen LogP contribution in [0.25, 0.3) is 0 Å². The van der Waals surface area contributed by atoms with E-state index in [4.69, 9.17) is 4.74 Å². The third-order valence-electron chi connectivity index (χ3n) is 4.83. The van der Waals surface area contributed by atoms with Gasteiger partial charge in [0.1, 0.15) is 11.5 Å². The first-order valence-corrected chi connectivity index (χ1v) is 8.23. The predicted molar refractivity (Wildman–Crippen MR) is 89.6 cm³/mol. The number of fused-ring (bicyclic) bond motifs is 1. The fourth-order valence-corrected chi connectivity index (χ4v) is 3.68. The van der Waals surface area contributed by atoms with Gasteiger partial charge in [0, 0.05) is 22.3 Å². The van der Waals surface area contributed by atoms with Gasteiger partial charge in [-0.15, -0.1) is 0 Å². The number of carbonyl (C=O) groups excluding carboxylic acids is 2. The Morgan fingerprint density at radius 2 is 1.57 bits per heavy atom. The Hall–Kier alpha value is -1.88. The molecule has 5 heteroatoms. The lowest BCUT2D eigenvalue weighted by Crippen LogP contribution is -2.24. The van der Waals surface area contributed by atoms with Crippen molar-refractivity contribution in [3.05, 3.63) is 43.6 Å². The Bertz CT molecular complexity index is 843. The first-order chi connectivity index (χ1) is 10.8. The highest BCUT2D eigenvalue weighted by Gasteiger charge is 2.35. The number of carbonyl (C=O) groups is 2. The number of phenols is 1. The summed E-state index contributed by atoms with van der Waals surface area (Å²) in [6, 6.07) is 0. The van der Waals surface area contributed by atoms with Crippen LogP contribution in [0.3, 0.4) is 0 Å². The summed E-state index contributed by atoms with van der Waals surface area (Å²) in [5, 5.41) is 10.2. The minimum Gasteiger partial charge on any atom is -0.506 e. The number of Topliss-reactive ketones (excluding diaryl/α,β-unsaturated/α-hetero) is 2. The van der Waals surface area contributed by atoms with Crippen molar-refractivity contribution in [3.63, 3.8) is 0 Å². The molecule has 0 saturated heterocycles. The van der Waals surface area contributed by atoms with Crippen LogP contribution in [-0.4, -0.2) is 16.7 Å². The summed E-state index contributed by atoms with van der Waals surface area (Å²) in [7, 11) is 0. The summed E-state index contributed by atoms with van der Waals surface area (Å²) in [6.07, 6.45) is 0.937. The largest absolute Gasteiger partial charge is 0.506 e. The van der Waals surface area contributed by atoms with E-state index in [-0.39, 0.29) is 23.1 Å².